The molecule has 98 valence electrons. The summed E-state index contributed by atoms with van der Waals surface area (Å²) in [5.41, 5.74) is 1.08. The lowest BCUT2D eigenvalue weighted by Gasteiger charge is -2.23. The summed E-state index contributed by atoms with van der Waals surface area (Å²) >= 11 is 1.66. The third-order valence-corrected chi connectivity index (χ3v) is 2.76. The van der Waals surface area contributed by atoms with Crippen LogP contribution in [0.5, 0.6) is 0 Å². The fourth-order valence-electron chi connectivity index (χ4n) is 1.18. The highest BCUT2D eigenvalue weighted by atomic mass is 127. The fraction of sp³-hybridized carbons (Fsp3) is 0.636. The van der Waals surface area contributed by atoms with E-state index in [0.29, 0.717) is 6.54 Å². The van der Waals surface area contributed by atoms with Gasteiger partial charge in [-0.25, -0.2) is 4.98 Å². The minimum Gasteiger partial charge on any atom is -0.352 e. The zero-order valence-electron chi connectivity index (χ0n) is 11.0. The van der Waals surface area contributed by atoms with Gasteiger partial charge < -0.3 is 10.6 Å². The Balaban J connectivity index is 0.00000256. The molecule has 0 unspecified atom stereocenters. The number of aliphatic imine (C=N–C) groups is 1. The van der Waals surface area contributed by atoms with Gasteiger partial charge in [-0.15, -0.1) is 35.3 Å². The van der Waals surface area contributed by atoms with Crippen molar-refractivity contribution in [3.05, 3.63) is 16.1 Å². The minimum absolute atomic E-state index is 0. The maximum Gasteiger partial charge on any atom is 0.191 e. The second kappa shape index (κ2) is 7.15. The SMILES string of the molecule is CN=C(NCc1nc(C)cs1)NC(C)(C)C.I. The van der Waals surface area contributed by atoms with E-state index in [2.05, 4.69) is 46.8 Å². The average molecular weight is 368 g/mol. The molecule has 1 rings (SSSR count). The number of hydrogen-bond donors (Lipinski definition) is 2. The smallest absolute Gasteiger partial charge is 0.191 e. The van der Waals surface area contributed by atoms with Crippen LogP contribution in [0.2, 0.25) is 0 Å². The van der Waals surface area contributed by atoms with Crippen molar-refractivity contribution >= 4 is 41.3 Å². The van der Waals surface area contributed by atoms with Gasteiger partial charge in [0.2, 0.25) is 0 Å². The van der Waals surface area contributed by atoms with Gasteiger partial charge in [0, 0.05) is 23.7 Å². The summed E-state index contributed by atoms with van der Waals surface area (Å²) < 4.78 is 0. The average Bonchev–Trinajstić information content (AvgIpc) is 2.57. The number of nitrogens with one attached hydrogen (secondary N) is 2. The van der Waals surface area contributed by atoms with Gasteiger partial charge in [0.15, 0.2) is 5.96 Å². The van der Waals surface area contributed by atoms with Gasteiger partial charge in [-0.1, -0.05) is 0 Å². The predicted octanol–water partition coefficient (Wildman–Crippen LogP) is 2.53. The topological polar surface area (TPSA) is 49.3 Å². The van der Waals surface area contributed by atoms with Crippen molar-refractivity contribution in [2.75, 3.05) is 7.05 Å². The van der Waals surface area contributed by atoms with Crippen LogP contribution in [0.3, 0.4) is 0 Å². The summed E-state index contributed by atoms with van der Waals surface area (Å²) in [4.78, 5) is 8.55. The van der Waals surface area contributed by atoms with Crippen LogP contribution < -0.4 is 10.6 Å². The van der Waals surface area contributed by atoms with E-state index >= 15 is 0 Å². The van der Waals surface area contributed by atoms with Crippen molar-refractivity contribution in [3.8, 4) is 0 Å². The number of halogens is 1. The second-order valence-electron chi connectivity index (χ2n) is 4.68. The molecular formula is C11H21IN4S. The molecule has 2 N–H and O–H groups in total. The first-order valence-corrected chi connectivity index (χ1v) is 6.18. The van der Waals surface area contributed by atoms with Crippen molar-refractivity contribution < 1.29 is 0 Å². The predicted molar refractivity (Wildman–Crippen MR) is 85.4 cm³/mol. The monoisotopic (exact) mass is 368 g/mol. The normalized spacial score (nSPS) is 11.9. The first kappa shape index (κ1) is 16.6. The lowest BCUT2D eigenvalue weighted by atomic mass is 10.1. The molecule has 1 aromatic heterocycles. The Labute approximate surface area is 124 Å². The molecular weight excluding hydrogens is 347 g/mol. The number of nitrogens with zero attached hydrogens (tertiary/aromatic N) is 2. The molecule has 1 heterocycles. The molecule has 4 nitrogen and oxygen atoms in total. The van der Waals surface area contributed by atoms with E-state index in [-0.39, 0.29) is 29.5 Å². The Kier molecular flexibility index (Phi) is 6.99. The molecule has 0 aliphatic carbocycles. The van der Waals surface area contributed by atoms with Crippen LogP contribution in [-0.4, -0.2) is 23.5 Å². The molecule has 0 fully saturated rings. The Morgan fingerprint density at radius 2 is 2.12 bits per heavy atom. The minimum atomic E-state index is 0. The van der Waals surface area contributed by atoms with E-state index in [1.54, 1.807) is 18.4 Å². The molecule has 0 amide bonds. The molecule has 0 saturated heterocycles. The number of aromatic nitrogens is 1. The van der Waals surface area contributed by atoms with Gasteiger partial charge in [0.1, 0.15) is 5.01 Å². The largest absolute Gasteiger partial charge is 0.352 e. The molecule has 6 heteroatoms. The highest BCUT2D eigenvalue weighted by molar-refractivity contribution is 14.0. The first-order valence-electron chi connectivity index (χ1n) is 5.30. The molecule has 0 aromatic carbocycles. The highest BCUT2D eigenvalue weighted by Gasteiger charge is 2.11. The molecule has 0 aliphatic heterocycles. The summed E-state index contributed by atoms with van der Waals surface area (Å²) in [5, 5.41) is 9.67. The first-order chi connectivity index (χ1) is 7.40. The van der Waals surface area contributed by atoms with Crippen LogP contribution in [-0.2, 0) is 6.54 Å². The van der Waals surface area contributed by atoms with Gasteiger partial charge in [-0.3, -0.25) is 4.99 Å². The molecule has 0 radical (unpaired) electrons. The van der Waals surface area contributed by atoms with Crippen LogP contribution in [0.15, 0.2) is 10.4 Å². The molecule has 0 bridgehead atoms. The standard InChI is InChI=1S/C11H20N4S.HI/c1-8-7-16-9(14-8)6-13-10(12-5)15-11(2,3)4;/h7H,6H2,1-5H3,(H2,12,13,15);1H. The number of rotatable bonds is 2. The van der Waals surface area contributed by atoms with E-state index in [0.717, 1.165) is 16.7 Å². The number of hydrogen-bond acceptors (Lipinski definition) is 3. The van der Waals surface area contributed by atoms with Gasteiger partial charge in [-0.05, 0) is 27.7 Å². The summed E-state index contributed by atoms with van der Waals surface area (Å²) in [6.07, 6.45) is 0. The molecule has 1 aromatic rings. The molecule has 0 spiro atoms. The molecule has 17 heavy (non-hydrogen) atoms. The fourth-order valence-corrected chi connectivity index (χ4v) is 1.89. The number of guanidine groups is 1. The third-order valence-electron chi connectivity index (χ3n) is 1.79. The quantitative estimate of drug-likeness (QED) is 0.479. The van der Waals surface area contributed by atoms with Gasteiger partial charge in [0.25, 0.3) is 0 Å². The van der Waals surface area contributed by atoms with Crippen molar-refractivity contribution in [1.29, 1.82) is 0 Å². The van der Waals surface area contributed by atoms with Crippen LogP contribution in [0, 0.1) is 6.92 Å². The van der Waals surface area contributed by atoms with Crippen molar-refractivity contribution in [2.24, 2.45) is 4.99 Å². The van der Waals surface area contributed by atoms with E-state index in [1.807, 2.05) is 6.92 Å². The summed E-state index contributed by atoms with van der Waals surface area (Å²) in [5.74, 6) is 0.806. The Morgan fingerprint density at radius 1 is 1.47 bits per heavy atom. The molecule has 0 aliphatic rings. The molecule has 0 saturated carbocycles. The van der Waals surface area contributed by atoms with Gasteiger partial charge in [0.05, 0.1) is 6.54 Å². The van der Waals surface area contributed by atoms with Gasteiger partial charge >= 0.3 is 0 Å². The van der Waals surface area contributed by atoms with Crippen LogP contribution in [0.25, 0.3) is 0 Å². The third kappa shape index (κ3) is 6.82. The summed E-state index contributed by atoms with van der Waals surface area (Å²) in [6, 6.07) is 0. The van der Waals surface area contributed by atoms with Crippen LogP contribution in [0.4, 0.5) is 0 Å². The summed E-state index contributed by atoms with van der Waals surface area (Å²) in [6.45, 7) is 9.03. The second-order valence-corrected chi connectivity index (χ2v) is 5.63. The Morgan fingerprint density at radius 3 is 2.53 bits per heavy atom. The summed E-state index contributed by atoms with van der Waals surface area (Å²) in [7, 11) is 1.77. The lowest BCUT2D eigenvalue weighted by molar-refractivity contribution is 0.501. The van der Waals surface area contributed by atoms with Gasteiger partial charge in [-0.2, -0.15) is 0 Å². The number of aryl methyl sites for hydroxylation is 1. The van der Waals surface area contributed by atoms with Crippen LogP contribution in [0.1, 0.15) is 31.5 Å². The van der Waals surface area contributed by atoms with E-state index in [9.17, 15) is 0 Å². The highest BCUT2D eigenvalue weighted by Crippen LogP contribution is 2.07. The Bertz CT molecular complexity index is 368. The zero-order valence-corrected chi connectivity index (χ0v) is 14.1. The van der Waals surface area contributed by atoms with E-state index in [4.69, 9.17) is 0 Å². The zero-order chi connectivity index (χ0) is 12.2. The Hall–Kier alpha value is -0.370. The van der Waals surface area contributed by atoms with E-state index in [1.165, 1.54) is 0 Å². The van der Waals surface area contributed by atoms with Crippen molar-refractivity contribution in [1.82, 2.24) is 15.6 Å². The van der Waals surface area contributed by atoms with Crippen molar-refractivity contribution in [3.63, 3.8) is 0 Å². The van der Waals surface area contributed by atoms with Crippen molar-refractivity contribution in [2.45, 2.75) is 39.8 Å². The molecule has 0 atom stereocenters. The van der Waals surface area contributed by atoms with E-state index < -0.39 is 0 Å². The lowest BCUT2D eigenvalue weighted by Crippen LogP contribution is -2.47. The number of thiazole rings is 1. The maximum atomic E-state index is 4.39. The maximum absolute atomic E-state index is 4.39. The van der Waals surface area contributed by atoms with Crippen LogP contribution >= 0.6 is 35.3 Å².